The Morgan fingerprint density at radius 3 is 3.07 bits per heavy atom. The standard InChI is InChI=1S/C12H15N3/c1-10-11(8-13)5-7-15(10)9-12-4-2-3-6-14-12/h2-4,6,10-11H,5,7,9H2,1H3. The molecule has 2 heterocycles. The Hall–Kier alpha value is -1.40. The number of rotatable bonds is 2. The fourth-order valence-corrected chi connectivity index (χ4v) is 2.10. The minimum atomic E-state index is 0.189. The van der Waals surface area contributed by atoms with Crippen molar-refractivity contribution in [1.29, 1.82) is 5.26 Å². The highest BCUT2D eigenvalue weighted by Crippen LogP contribution is 2.24. The molecule has 0 amide bonds. The fraction of sp³-hybridized carbons (Fsp3) is 0.500. The van der Waals surface area contributed by atoms with E-state index in [1.807, 2.05) is 24.4 Å². The third kappa shape index (κ3) is 2.16. The first-order valence-corrected chi connectivity index (χ1v) is 5.35. The van der Waals surface area contributed by atoms with Crippen LogP contribution in [0.15, 0.2) is 24.4 Å². The van der Waals surface area contributed by atoms with E-state index in [2.05, 4.69) is 22.9 Å². The highest BCUT2D eigenvalue weighted by atomic mass is 15.2. The van der Waals surface area contributed by atoms with Crippen LogP contribution in [0.5, 0.6) is 0 Å². The molecule has 0 radical (unpaired) electrons. The molecule has 1 aliphatic rings. The lowest BCUT2D eigenvalue weighted by atomic mass is 10.0. The van der Waals surface area contributed by atoms with E-state index in [4.69, 9.17) is 5.26 Å². The van der Waals surface area contributed by atoms with E-state index in [0.717, 1.165) is 25.2 Å². The number of nitriles is 1. The van der Waals surface area contributed by atoms with E-state index >= 15 is 0 Å². The Morgan fingerprint density at radius 1 is 1.60 bits per heavy atom. The van der Waals surface area contributed by atoms with Gasteiger partial charge >= 0.3 is 0 Å². The first kappa shape index (κ1) is 10.1. The summed E-state index contributed by atoms with van der Waals surface area (Å²) in [7, 11) is 0. The van der Waals surface area contributed by atoms with E-state index in [1.165, 1.54) is 0 Å². The third-order valence-corrected chi connectivity index (χ3v) is 3.14. The maximum Gasteiger partial charge on any atom is 0.0672 e. The van der Waals surface area contributed by atoms with Crippen molar-refractivity contribution in [2.75, 3.05) is 6.54 Å². The Balaban J connectivity index is 2.00. The minimum absolute atomic E-state index is 0.189. The van der Waals surface area contributed by atoms with E-state index in [-0.39, 0.29) is 5.92 Å². The van der Waals surface area contributed by atoms with Gasteiger partial charge in [-0.05, 0) is 25.5 Å². The first-order chi connectivity index (χ1) is 7.31. The van der Waals surface area contributed by atoms with Crippen molar-refractivity contribution < 1.29 is 0 Å². The van der Waals surface area contributed by atoms with Gasteiger partial charge in [0.25, 0.3) is 0 Å². The lowest BCUT2D eigenvalue weighted by molar-refractivity contribution is 0.245. The summed E-state index contributed by atoms with van der Waals surface area (Å²) in [6.07, 6.45) is 2.81. The van der Waals surface area contributed by atoms with E-state index in [0.29, 0.717) is 6.04 Å². The molecule has 0 bridgehead atoms. The molecule has 3 heteroatoms. The third-order valence-electron chi connectivity index (χ3n) is 3.14. The summed E-state index contributed by atoms with van der Waals surface area (Å²) in [6, 6.07) is 8.69. The summed E-state index contributed by atoms with van der Waals surface area (Å²) in [6.45, 7) is 4.00. The van der Waals surface area contributed by atoms with Crippen LogP contribution >= 0.6 is 0 Å². The number of aromatic nitrogens is 1. The Labute approximate surface area is 90.4 Å². The Morgan fingerprint density at radius 2 is 2.47 bits per heavy atom. The van der Waals surface area contributed by atoms with Crippen molar-refractivity contribution >= 4 is 0 Å². The zero-order valence-electron chi connectivity index (χ0n) is 8.93. The molecular weight excluding hydrogens is 186 g/mol. The molecule has 1 saturated heterocycles. The normalized spacial score (nSPS) is 26.4. The predicted molar refractivity (Wildman–Crippen MR) is 57.8 cm³/mol. The molecule has 3 nitrogen and oxygen atoms in total. The molecule has 1 aromatic rings. The van der Waals surface area contributed by atoms with Crippen LogP contribution in [-0.4, -0.2) is 22.5 Å². The summed E-state index contributed by atoms with van der Waals surface area (Å²) >= 11 is 0. The average molecular weight is 201 g/mol. The number of likely N-dealkylation sites (tertiary alicyclic amines) is 1. The molecule has 0 aliphatic carbocycles. The van der Waals surface area contributed by atoms with Gasteiger partial charge in [-0.15, -0.1) is 0 Å². The van der Waals surface area contributed by atoms with Gasteiger partial charge in [-0.2, -0.15) is 5.26 Å². The largest absolute Gasteiger partial charge is 0.293 e. The molecule has 0 saturated carbocycles. The van der Waals surface area contributed by atoms with Gasteiger partial charge in [0.2, 0.25) is 0 Å². The van der Waals surface area contributed by atoms with Crippen molar-refractivity contribution in [3.8, 4) is 6.07 Å². The summed E-state index contributed by atoms with van der Waals surface area (Å²) < 4.78 is 0. The fourth-order valence-electron chi connectivity index (χ4n) is 2.10. The lowest BCUT2D eigenvalue weighted by Gasteiger charge is -2.21. The van der Waals surface area contributed by atoms with Crippen LogP contribution in [-0.2, 0) is 6.54 Å². The van der Waals surface area contributed by atoms with Crippen LogP contribution in [0.4, 0.5) is 0 Å². The second kappa shape index (κ2) is 4.41. The van der Waals surface area contributed by atoms with Crippen molar-refractivity contribution in [3.05, 3.63) is 30.1 Å². The van der Waals surface area contributed by atoms with Gasteiger partial charge in [0.05, 0.1) is 17.7 Å². The van der Waals surface area contributed by atoms with Crippen LogP contribution in [0.25, 0.3) is 0 Å². The molecule has 2 unspecified atom stereocenters. The van der Waals surface area contributed by atoms with Gasteiger partial charge in [-0.1, -0.05) is 6.07 Å². The molecule has 78 valence electrons. The van der Waals surface area contributed by atoms with Crippen LogP contribution in [0, 0.1) is 17.2 Å². The van der Waals surface area contributed by atoms with Crippen molar-refractivity contribution in [3.63, 3.8) is 0 Å². The number of pyridine rings is 1. The van der Waals surface area contributed by atoms with Gasteiger partial charge in [-0.25, -0.2) is 0 Å². The molecule has 1 aliphatic heterocycles. The summed E-state index contributed by atoms with van der Waals surface area (Å²) in [5, 5.41) is 8.93. The number of hydrogen-bond donors (Lipinski definition) is 0. The molecule has 2 rings (SSSR count). The van der Waals surface area contributed by atoms with Gasteiger partial charge in [0.15, 0.2) is 0 Å². The van der Waals surface area contributed by atoms with Crippen molar-refractivity contribution in [2.24, 2.45) is 5.92 Å². The van der Waals surface area contributed by atoms with Crippen LogP contribution in [0.3, 0.4) is 0 Å². The van der Waals surface area contributed by atoms with E-state index in [9.17, 15) is 0 Å². The van der Waals surface area contributed by atoms with E-state index < -0.39 is 0 Å². The second-order valence-corrected chi connectivity index (χ2v) is 4.06. The minimum Gasteiger partial charge on any atom is -0.293 e. The number of hydrogen-bond acceptors (Lipinski definition) is 3. The topological polar surface area (TPSA) is 39.9 Å². The second-order valence-electron chi connectivity index (χ2n) is 4.06. The van der Waals surface area contributed by atoms with Gasteiger partial charge in [0, 0.05) is 25.3 Å². The van der Waals surface area contributed by atoms with Gasteiger partial charge in [0.1, 0.15) is 0 Å². The predicted octanol–water partition coefficient (Wildman–Crippen LogP) is 1.82. The highest BCUT2D eigenvalue weighted by Gasteiger charge is 2.30. The number of nitrogens with zero attached hydrogens (tertiary/aromatic N) is 3. The van der Waals surface area contributed by atoms with Crippen LogP contribution < -0.4 is 0 Å². The Kier molecular flexibility index (Phi) is 2.98. The van der Waals surface area contributed by atoms with E-state index in [1.54, 1.807) is 0 Å². The SMILES string of the molecule is CC1C(C#N)CCN1Cc1ccccn1. The van der Waals surface area contributed by atoms with Gasteiger partial charge < -0.3 is 0 Å². The summed E-state index contributed by atoms with van der Waals surface area (Å²) in [4.78, 5) is 6.63. The Bertz CT molecular complexity index is 355. The van der Waals surface area contributed by atoms with Gasteiger partial charge in [-0.3, -0.25) is 9.88 Å². The summed E-state index contributed by atoms with van der Waals surface area (Å²) in [5.41, 5.74) is 1.09. The molecule has 0 aromatic carbocycles. The molecule has 2 atom stereocenters. The lowest BCUT2D eigenvalue weighted by Crippen LogP contribution is -2.29. The summed E-state index contributed by atoms with van der Waals surface area (Å²) in [5.74, 6) is 0.189. The maximum atomic E-state index is 8.93. The van der Waals surface area contributed by atoms with Crippen molar-refractivity contribution in [2.45, 2.75) is 25.9 Å². The molecule has 0 N–H and O–H groups in total. The zero-order valence-corrected chi connectivity index (χ0v) is 8.93. The quantitative estimate of drug-likeness (QED) is 0.732. The highest BCUT2D eigenvalue weighted by molar-refractivity contribution is 5.05. The molecule has 1 fully saturated rings. The van der Waals surface area contributed by atoms with Crippen molar-refractivity contribution in [1.82, 2.24) is 9.88 Å². The average Bonchev–Trinajstić information content (AvgIpc) is 2.62. The smallest absolute Gasteiger partial charge is 0.0672 e. The first-order valence-electron chi connectivity index (χ1n) is 5.35. The maximum absolute atomic E-state index is 8.93. The molecular formula is C12H15N3. The van der Waals surface area contributed by atoms with Crippen LogP contribution in [0.2, 0.25) is 0 Å². The van der Waals surface area contributed by atoms with Crippen LogP contribution in [0.1, 0.15) is 19.0 Å². The molecule has 1 aromatic heterocycles. The zero-order chi connectivity index (χ0) is 10.7. The monoisotopic (exact) mass is 201 g/mol. The molecule has 0 spiro atoms. The molecule has 15 heavy (non-hydrogen) atoms.